The van der Waals surface area contributed by atoms with Crippen molar-refractivity contribution in [2.24, 2.45) is 17.6 Å². The van der Waals surface area contributed by atoms with Crippen molar-refractivity contribution in [3.05, 3.63) is 39.2 Å². The molecule has 8 heteroatoms. The van der Waals surface area contributed by atoms with Crippen LogP contribution in [-0.4, -0.2) is 34.9 Å². The van der Waals surface area contributed by atoms with Crippen molar-refractivity contribution in [1.82, 2.24) is 4.90 Å². The number of nitrogens with zero attached hydrogens (tertiary/aromatic N) is 2. The molecule has 6 nitrogen and oxygen atoms in total. The molecule has 2 aliphatic rings. The number of hydrogen-bond acceptors (Lipinski definition) is 4. The van der Waals surface area contributed by atoms with Gasteiger partial charge >= 0.3 is 0 Å². The number of fused-ring (bicyclic) bond motifs is 1. The van der Waals surface area contributed by atoms with Crippen molar-refractivity contribution in [2.75, 3.05) is 13.1 Å². The summed E-state index contributed by atoms with van der Waals surface area (Å²) in [6.07, 6.45) is 1.93. The summed E-state index contributed by atoms with van der Waals surface area (Å²) in [5.74, 6) is -0.510. The molecule has 3 unspecified atom stereocenters. The van der Waals surface area contributed by atoms with Crippen molar-refractivity contribution in [3.8, 4) is 0 Å². The first kappa shape index (κ1) is 17.6. The van der Waals surface area contributed by atoms with Gasteiger partial charge in [0, 0.05) is 24.7 Å². The third-order valence-corrected chi connectivity index (χ3v) is 4.88. The summed E-state index contributed by atoms with van der Waals surface area (Å²) in [5.41, 5.74) is 5.72. The van der Waals surface area contributed by atoms with E-state index in [4.69, 9.17) is 5.73 Å². The maximum absolute atomic E-state index is 13.6. The van der Waals surface area contributed by atoms with Gasteiger partial charge in [-0.3, -0.25) is 14.9 Å². The minimum Gasteiger partial charge on any atom is -0.338 e. The fraction of sp³-hybridized carbons (Fsp3) is 0.533. The summed E-state index contributed by atoms with van der Waals surface area (Å²) in [5, 5.41) is 11.2. The predicted octanol–water partition coefficient (Wildman–Crippen LogP) is 2.27. The second-order valence-corrected chi connectivity index (χ2v) is 6.25. The Balaban J connectivity index is 0.00000192. The van der Waals surface area contributed by atoms with Gasteiger partial charge in [-0.05, 0) is 43.7 Å². The molecule has 0 bridgehead atoms. The Labute approximate surface area is 139 Å². The monoisotopic (exact) mass is 343 g/mol. The van der Waals surface area contributed by atoms with Crippen LogP contribution in [0.5, 0.6) is 0 Å². The number of amides is 1. The fourth-order valence-corrected chi connectivity index (χ4v) is 3.78. The van der Waals surface area contributed by atoms with E-state index in [1.807, 2.05) is 0 Å². The number of aryl methyl sites for hydroxylation is 1. The highest BCUT2D eigenvalue weighted by Gasteiger charge is 2.43. The summed E-state index contributed by atoms with van der Waals surface area (Å²) in [6.45, 7) is 2.48. The van der Waals surface area contributed by atoms with E-state index in [-0.39, 0.29) is 41.2 Å². The molecule has 1 heterocycles. The highest BCUT2D eigenvalue weighted by Crippen LogP contribution is 2.38. The predicted molar refractivity (Wildman–Crippen MR) is 85.1 cm³/mol. The summed E-state index contributed by atoms with van der Waals surface area (Å²) in [7, 11) is 0. The number of carbonyl (C=O) groups is 1. The average molecular weight is 344 g/mol. The van der Waals surface area contributed by atoms with E-state index in [9.17, 15) is 19.3 Å². The van der Waals surface area contributed by atoms with Gasteiger partial charge in [-0.2, -0.15) is 0 Å². The molecule has 1 aromatic carbocycles. The number of nitro groups is 1. The fourth-order valence-electron chi connectivity index (χ4n) is 3.78. The Bertz CT molecular complexity index is 655. The molecule has 3 atom stereocenters. The first-order valence-corrected chi connectivity index (χ1v) is 7.38. The molecule has 2 N–H and O–H groups in total. The van der Waals surface area contributed by atoms with Crippen LogP contribution in [0.25, 0.3) is 0 Å². The van der Waals surface area contributed by atoms with E-state index in [1.54, 1.807) is 4.90 Å². The number of likely N-dealkylation sites (tertiary alicyclic amines) is 1. The van der Waals surface area contributed by atoms with E-state index in [0.29, 0.717) is 19.0 Å². The summed E-state index contributed by atoms with van der Waals surface area (Å²) in [6, 6.07) is 2.11. The molecule has 3 rings (SSSR count). The maximum atomic E-state index is 13.6. The number of nitrogens with two attached hydrogens (primary N) is 1. The number of rotatable bonds is 2. The Morgan fingerprint density at radius 3 is 2.70 bits per heavy atom. The van der Waals surface area contributed by atoms with Crippen LogP contribution in [0.3, 0.4) is 0 Å². The van der Waals surface area contributed by atoms with Crippen LogP contribution < -0.4 is 5.73 Å². The Morgan fingerprint density at radius 2 is 2.09 bits per heavy atom. The van der Waals surface area contributed by atoms with Crippen LogP contribution in [0.1, 0.15) is 28.8 Å². The molecule has 1 amide bonds. The average Bonchev–Trinajstić information content (AvgIpc) is 2.99. The molecule has 1 saturated heterocycles. The number of halogens is 2. The molecule has 2 fully saturated rings. The normalized spacial score (nSPS) is 25.9. The van der Waals surface area contributed by atoms with Gasteiger partial charge in [-0.25, -0.2) is 4.39 Å². The van der Waals surface area contributed by atoms with Crippen LogP contribution in [-0.2, 0) is 0 Å². The van der Waals surface area contributed by atoms with E-state index < -0.39 is 16.6 Å². The lowest BCUT2D eigenvalue weighted by Gasteiger charge is -2.19. The zero-order chi connectivity index (χ0) is 16.0. The minimum atomic E-state index is -0.637. The van der Waals surface area contributed by atoms with E-state index in [2.05, 4.69) is 0 Å². The van der Waals surface area contributed by atoms with Crippen LogP contribution >= 0.6 is 12.4 Å². The van der Waals surface area contributed by atoms with Crippen molar-refractivity contribution in [1.29, 1.82) is 0 Å². The number of benzene rings is 1. The Morgan fingerprint density at radius 1 is 1.39 bits per heavy atom. The number of hydrogen-bond donors (Lipinski definition) is 1. The molecule has 0 aromatic heterocycles. The lowest BCUT2D eigenvalue weighted by molar-refractivity contribution is -0.385. The van der Waals surface area contributed by atoms with E-state index in [0.717, 1.165) is 25.0 Å². The number of nitro benzene ring substituents is 1. The molecule has 1 saturated carbocycles. The smallest absolute Gasteiger partial charge is 0.285 e. The van der Waals surface area contributed by atoms with Crippen LogP contribution in [0.4, 0.5) is 10.1 Å². The number of carbonyl (C=O) groups excluding carboxylic acids is 1. The van der Waals surface area contributed by atoms with Gasteiger partial charge in [0.05, 0.1) is 4.92 Å². The Kier molecular flexibility index (Phi) is 4.91. The lowest BCUT2D eigenvalue weighted by Crippen LogP contribution is -2.33. The van der Waals surface area contributed by atoms with Gasteiger partial charge in [-0.15, -0.1) is 12.4 Å². The highest BCUT2D eigenvalue weighted by molar-refractivity contribution is 5.99. The first-order chi connectivity index (χ1) is 10.4. The molecule has 23 heavy (non-hydrogen) atoms. The molecule has 0 spiro atoms. The molecule has 1 aliphatic carbocycles. The van der Waals surface area contributed by atoms with Gasteiger partial charge in [0.15, 0.2) is 0 Å². The summed E-state index contributed by atoms with van der Waals surface area (Å²) < 4.78 is 13.6. The van der Waals surface area contributed by atoms with Gasteiger partial charge in [0.2, 0.25) is 0 Å². The first-order valence-electron chi connectivity index (χ1n) is 7.38. The second kappa shape index (κ2) is 6.41. The molecule has 1 aliphatic heterocycles. The van der Waals surface area contributed by atoms with Gasteiger partial charge < -0.3 is 10.6 Å². The largest absolute Gasteiger partial charge is 0.338 e. The molecule has 0 radical (unpaired) electrons. The van der Waals surface area contributed by atoms with Crippen LogP contribution in [0.2, 0.25) is 0 Å². The topological polar surface area (TPSA) is 89.5 Å². The standard InChI is InChI=1S/C15H18FN3O3.ClH/c1-8-4-10(16)5-11(14(8)19(21)22)15(20)18-6-9-2-3-13(17)12(9)7-18;/h4-5,9,12-13H,2-3,6-7,17H2,1H3;1H. The molecular weight excluding hydrogens is 325 g/mol. The van der Waals surface area contributed by atoms with Gasteiger partial charge in [0.25, 0.3) is 11.6 Å². The van der Waals surface area contributed by atoms with Gasteiger partial charge in [0.1, 0.15) is 11.4 Å². The minimum absolute atomic E-state index is 0. The van der Waals surface area contributed by atoms with Gasteiger partial charge in [-0.1, -0.05) is 0 Å². The van der Waals surface area contributed by atoms with Crippen LogP contribution in [0.15, 0.2) is 12.1 Å². The van der Waals surface area contributed by atoms with Crippen LogP contribution in [0, 0.1) is 34.7 Å². The maximum Gasteiger partial charge on any atom is 0.285 e. The highest BCUT2D eigenvalue weighted by atomic mass is 35.5. The molecule has 1 aromatic rings. The Hall–Kier alpha value is -1.73. The third-order valence-electron chi connectivity index (χ3n) is 4.88. The SMILES string of the molecule is Cc1cc(F)cc(C(=O)N2CC3CCC(N)C3C2)c1[N+](=O)[O-].Cl. The molecule has 126 valence electrons. The van der Waals surface area contributed by atoms with Crippen molar-refractivity contribution >= 4 is 24.0 Å². The van der Waals surface area contributed by atoms with Crippen molar-refractivity contribution in [2.45, 2.75) is 25.8 Å². The second-order valence-electron chi connectivity index (χ2n) is 6.25. The lowest BCUT2D eigenvalue weighted by atomic mass is 9.98. The molecular formula is C15H19ClFN3O3. The quantitative estimate of drug-likeness (QED) is 0.659. The summed E-state index contributed by atoms with van der Waals surface area (Å²) in [4.78, 5) is 24.8. The van der Waals surface area contributed by atoms with Crippen molar-refractivity contribution in [3.63, 3.8) is 0 Å². The zero-order valence-electron chi connectivity index (χ0n) is 12.7. The third kappa shape index (κ3) is 3.03. The zero-order valence-corrected chi connectivity index (χ0v) is 13.5. The summed E-state index contributed by atoms with van der Waals surface area (Å²) >= 11 is 0. The van der Waals surface area contributed by atoms with E-state index >= 15 is 0 Å². The van der Waals surface area contributed by atoms with E-state index in [1.165, 1.54) is 6.92 Å². The van der Waals surface area contributed by atoms with Crippen molar-refractivity contribution < 1.29 is 14.1 Å².